The van der Waals surface area contributed by atoms with Crippen LogP contribution in [0.1, 0.15) is 38.3 Å². The van der Waals surface area contributed by atoms with Gasteiger partial charge in [0.1, 0.15) is 0 Å². The summed E-state index contributed by atoms with van der Waals surface area (Å²) in [5, 5.41) is 4.24. The van der Waals surface area contributed by atoms with E-state index in [2.05, 4.69) is 48.0 Å². The highest BCUT2D eigenvalue weighted by Gasteiger charge is 2.23. The molecule has 2 nitrogen and oxygen atoms in total. The molecule has 1 heterocycles. The van der Waals surface area contributed by atoms with Gasteiger partial charge < -0.3 is 10.2 Å². The van der Waals surface area contributed by atoms with Gasteiger partial charge in [-0.1, -0.05) is 37.6 Å². The number of thioether (sulfide) groups is 1. The largest absolute Gasteiger partial charge is 0.313 e. The van der Waals surface area contributed by atoms with Crippen molar-refractivity contribution in [3.8, 4) is 0 Å². The molecule has 118 valence electrons. The van der Waals surface area contributed by atoms with E-state index in [1.165, 1.54) is 30.8 Å². The summed E-state index contributed by atoms with van der Waals surface area (Å²) in [5.41, 5.74) is 1.33. The minimum absolute atomic E-state index is 0.409. The van der Waals surface area contributed by atoms with Gasteiger partial charge in [-0.2, -0.15) is 11.8 Å². The van der Waals surface area contributed by atoms with Gasteiger partial charge in [-0.3, -0.25) is 0 Å². The van der Waals surface area contributed by atoms with Gasteiger partial charge >= 0.3 is 0 Å². The van der Waals surface area contributed by atoms with Crippen LogP contribution in [0.15, 0.2) is 24.3 Å². The van der Waals surface area contributed by atoms with Gasteiger partial charge in [-0.25, -0.2) is 0 Å². The molecule has 0 spiro atoms. The van der Waals surface area contributed by atoms with Crippen LogP contribution in [0.5, 0.6) is 0 Å². The van der Waals surface area contributed by atoms with Crippen LogP contribution < -0.4 is 5.32 Å². The topological polar surface area (TPSA) is 15.3 Å². The third-order valence-corrected chi connectivity index (χ3v) is 5.91. The summed E-state index contributed by atoms with van der Waals surface area (Å²) in [6.07, 6.45) is 2.42. The van der Waals surface area contributed by atoms with Crippen molar-refractivity contribution in [3.63, 3.8) is 0 Å². The van der Waals surface area contributed by atoms with Crippen LogP contribution in [0.4, 0.5) is 0 Å². The molecule has 0 amide bonds. The average molecular weight is 327 g/mol. The van der Waals surface area contributed by atoms with Gasteiger partial charge in [0.25, 0.3) is 0 Å². The lowest BCUT2D eigenvalue weighted by Gasteiger charge is -2.25. The normalized spacial score (nSPS) is 21.0. The van der Waals surface area contributed by atoms with Crippen molar-refractivity contribution < 1.29 is 0 Å². The molecule has 0 saturated carbocycles. The number of nitrogens with one attached hydrogen (secondary N) is 1. The number of halogens is 1. The Bertz CT molecular complexity index is 433. The summed E-state index contributed by atoms with van der Waals surface area (Å²) >= 11 is 8.08. The molecule has 1 saturated heterocycles. The molecule has 4 heteroatoms. The molecular formula is C17H27ClN2S. The molecule has 0 aliphatic carbocycles. The SMILES string of the molecule is CNC(CCN1CCSC(C)(C)CC1)c1ccc(Cl)cc1. The monoisotopic (exact) mass is 326 g/mol. The minimum Gasteiger partial charge on any atom is -0.313 e. The minimum atomic E-state index is 0.409. The molecule has 2 rings (SSSR count). The highest BCUT2D eigenvalue weighted by Crippen LogP contribution is 2.31. The first-order chi connectivity index (χ1) is 10.00. The third kappa shape index (κ3) is 5.48. The fourth-order valence-electron chi connectivity index (χ4n) is 2.77. The van der Waals surface area contributed by atoms with E-state index in [4.69, 9.17) is 11.6 Å². The predicted molar refractivity (Wildman–Crippen MR) is 95.5 cm³/mol. The highest BCUT2D eigenvalue weighted by atomic mass is 35.5. The zero-order valence-electron chi connectivity index (χ0n) is 13.4. The molecule has 0 radical (unpaired) electrons. The molecule has 21 heavy (non-hydrogen) atoms. The van der Waals surface area contributed by atoms with E-state index < -0.39 is 0 Å². The number of hydrogen-bond acceptors (Lipinski definition) is 3. The van der Waals surface area contributed by atoms with E-state index in [-0.39, 0.29) is 0 Å². The standard InChI is InChI=1S/C17H27ClN2S/c1-17(2)9-11-20(12-13-21-17)10-8-16(19-3)14-4-6-15(18)7-5-14/h4-7,16,19H,8-13H2,1-3H3. The summed E-state index contributed by atoms with van der Waals surface area (Å²) in [5.74, 6) is 1.25. The van der Waals surface area contributed by atoms with Crippen molar-refractivity contribution in [1.82, 2.24) is 10.2 Å². The van der Waals surface area contributed by atoms with Crippen LogP contribution in [-0.4, -0.2) is 42.1 Å². The summed E-state index contributed by atoms with van der Waals surface area (Å²) < 4.78 is 0.438. The van der Waals surface area contributed by atoms with Crippen molar-refractivity contribution in [2.24, 2.45) is 0 Å². The quantitative estimate of drug-likeness (QED) is 0.872. The van der Waals surface area contributed by atoms with Gasteiger partial charge in [0, 0.05) is 28.1 Å². The van der Waals surface area contributed by atoms with Gasteiger partial charge in [-0.05, 0) is 50.7 Å². The van der Waals surface area contributed by atoms with E-state index in [0.717, 1.165) is 18.0 Å². The molecule has 0 aromatic heterocycles. The maximum absolute atomic E-state index is 5.97. The summed E-state index contributed by atoms with van der Waals surface area (Å²) in [6, 6.07) is 8.63. The first-order valence-corrected chi connectivity index (χ1v) is 9.15. The Balaban J connectivity index is 1.87. The van der Waals surface area contributed by atoms with Gasteiger partial charge in [0.15, 0.2) is 0 Å². The van der Waals surface area contributed by atoms with E-state index in [9.17, 15) is 0 Å². The molecule has 1 aliphatic rings. The third-order valence-electron chi connectivity index (χ3n) is 4.29. The summed E-state index contributed by atoms with van der Waals surface area (Å²) in [6.45, 7) is 8.32. The highest BCUT2D eigenvalue weighted by molar-refractivity contribution is 8.00. The first kappa shape index (κ1) is 17.1. The van der Waals surface area contributed by atoms with Gasteiger partial charge in [0.2, 0.25) is 0 Å². The maximum Gasteiger partial charge on any atom is 0.0406 e. The Morgan fingerprint density at radius 2 is 2.00 bits per heavy atom. The second-order valence-electron chi connectivity index (χ2n) is 6.38. The Morgan fingerprint density at radius 1 is 1.29 bits per heavy atom. The molecular weight excluding hydrogens is 300 g/mol. The van der Waals surface area contributed by atoms with E-state index in [0.29, 0.717) is 10.8 Å². The Labute approximate surface area is 138 Å². The molecule has 1 atom stereocenters. The number of benzene rings is 1. The van der Waals surface area contributed by atoms with Gasteiger partial charge in [0.05, 0.1) is 0 Å². The molecule has 1 unspecified atom stereocenters. The Morgan fingerprint density at radius 3 is 2.67 bits per heavy atom. The van der Waals surface area contributed by atoms with Crippen LogP contribution in [0.25, 0.3) is 0 Å². The molecule has 0 bridgehead atoms. The van der Waals surface area contributed by atoms with Crippen molar-refractivity contribution in [3.05, 3.63) is 34.9 Å². The van der Waals surface area contributed by atoms with Crippen LogP contribution in [-0.2, 0) is 0 Å². The van der Waals surface area contributed by atoms with Crippen LogP contribution in [0.2, 0.25) is 5.02 Å². The van der Waals surface area contributed by atoms with Gasteiger partial charge in [-0.15, -0.1) is 0 Å². The molecule has 1 aliphatic heterocycles. The van der Waals surface area contributed by atoms with Crippen molar-refractivity contribution in [2.75, 3.05) is 32.4 Å². The second kappa shape index (κ2) is 7.87. The summed E-state index contributed by atoms with van der Waals surface area (Å²) in [4.78, 5) is 2.61. The average Bonchev–Trinajstić information content (AvgIpc) is 2.62. The van der Waals surface area contributed by atoms with Crippen LogP contribution in [0.3, 0.4) is 0 Å². The zero-order chi connectivity index (χ0) is 15.3. The van der Waals surface area contributed by atoms with Crippen molar-refractivity contribution in [2.45, 2.75) is 37.5 Å². The lowest BCUT2D eigenvalue weighted by atomic mass is 10.0. The fourth-order valence-corrected chi connectivity index (χ4v) is 4.03. The fraction of sp³-hybridized carbons (Fsp3) is 0.647. The number of nitrogens with zero attached hydrogens (tertiary/aromatic N) is 1. The lowest BCUT2D eigenvalue weighted by molar-refractivity contribution is 0.268. The predicted octanol–water partition coefficient (Wildman–Crippen LogP) is 4.21. The Kier molecular flexibility index (Phi) is 6.42. The second-order valence-corrected chi connectivity index (χ2v) is 8.62. The maximum atomic E-state index is 5.97. The molecule has 1 fully saturated rings. The zero-order valence-corrected chi connectivity index (χ0v) is 14.9. The summed E-state index contributed by atoms with van der Waals surface area (Å²) in [7, 11) is 2.04. The van der Waals surface area contributed by atoms with Crippen molar-refractivity contribution >= 4 is 23.4 Å². The van der Waals surface area contributed by atoms with E-state index in [1.54, 1.807) is 0 Å². The van der Waals surface area contributed by atoms with Crippen molar-refractivity contribution in [1.29, 1.82) is 0 Å². The number of hydrogen-bond donors (Lipinski definition) is 1. The smallest absolute Gasteiger partial charge is 0.0406 e. The molecule has 1 N–H and O–H groups in total. The van der Waals surface area contributed by atoms with Crippen LogP contribution in [0, 0.1) is 0 Å². The number of rotatable bonds is 5. The first-order valence-electron chi connectivity index (χ1n) is 7.79. The molecule has 1 aromatic carbocycles. The van der Waals surface area contributed by atoms with Crippen LogP contribution >= 0.6 is 23.4 Å². The Hall–Kier alpha value is -0.220. The molecule has 1 aromatic rings. The van der Waals surface area contributed by atoms with E-state index >= 15 is 0 Å². The van der Waals surface area contributed by atoms with E-state index in [1.807, 2.05) is 19.2 Å². The lowest BCUT2D eigenvalue weighted by Crippen LogP contribution is -2.31.